The maximum absolute atomic E-state index is 13.4. The Balaban J connectivity index is 1.70. The van der Waals surface area contributed by atoms with Crippen molar-refractivity contribution in [3.63, 3.8) is 0 Å². The summed E-state index contributed by atoms with van der Waals surface area (Å²) >= 11 is 0. The molecule has 0 aliphatic heterocycles. The number of carbonyl (C=O) groups is 1. The number of halogens is 1. The van der Waals surface area contributed by atoms with Gasteiger partial charge in [0.05, 0.1) is 18.6 Å². The molecule has 2 aromatic heterocycles. The summed E-state index contributed by atoms with van der Waals surface area (Å²) in [6, 6.07) is 10.1. The monoisotopic (exact) mass is 411 g/mol. The lowest BCUT2D eigenvalue weighted by Gasteiger charge is -2.24. The molecule has 1 amide bonds. The zero-order chi connectivity index (χ0) is 20.9. The van der Waals surface area contributed by atoms with Crippen molar-refractivity contribution in [2.45, 2.75) is 38.1 Å². The van der Waals surface area contributed by atoms with Gasteiger partial charge < -0.3 is 19.0 Å². The molecule has 1 fully saturated rings. The summed E-state index contributed by atoms with van der Waals surface area (Å²) in [5, 5.41) is 2.77. The summed E-state index contributed by atoms with van der Waals surface area (Å²) in [4.78, 5) is 17.0. The van der Waals surface area contributed by atoms with Crippen LogP contribution in [0, 0.1) is 5.82 Å². The van der Waals surface area contributed by atoms with Gasteiger partial charge in [-0.3, -0.25) is 4.79 Å². The van der Waals surface area contributed by atoms with Crippen LogP contribution in [0.1, 0.15) is 48.7 Å². The third kappa shape index (κ3) is 4.31. The minimum absolute atomic E-state index is 0.238. The van der Waals surface area contributed by atoms with E-state index >= 15 is 0 Å². The van der Waals surface area contributed by atoms with Gasteiger partial charge in [-0.2, -0.15) is 0 Å². The van der Waals surface area contributed by atoms with Gasteiger partial charge in [0.2, 0.25) is 0 Å². The van der Waals surface area contributed by atoms with Gasteiger partial charge in [0, 0.05) is 25.3 Å². The molecule has 2 heterocycles. The van der Waals surface area contributed by atoms with Crippen molar-refractivity contribution in [3.8, 4) is 22.7 Å². The summed E-state index contributed by atoms with van der Waals surface area (Å²) in [5.74, 6) is 0.238. The first-order valence-corrected chi connectivity index (χ1v) is 10.4. The topological polar surface area (TPSA) is 69.3 Å². The Bertz CT molecular complexity index is 988. The average molecular weight is 411 g/mol. The molecule has 0 atom stereocenters. The van der Waals surface area contributed by atoms with Gasteiger partial charge in [0.15, 0.2) is 11.5 Å². The second-order valence-electron chi connectivity index (χ2n) is 7.56. The molecule has 1 aliphatic rings. The molecule has 4 rings (SSSR count). The highest BCUT2D eigenvalue weighted by atomic mass is 19.1. The van der Waals surface area contributed by atoms with Crippen LogP contribution in [0.2, 0.25) is 0 Å². The predicted molar refractivity (Wildman–Crippen MR) is 112 cm³/mol. The highest BCUT2D eigenvalue weighted by Gasteiger charge is 2.25. The van der Waals surface area contributed by atoms with E-state index < -0.39 is 0 Å². The molecule has 1 aliphatic carbocycles. The molecule has 0 bridgehead atoms. The maximum Gasteiger partial charge on any atom is 0.287 e. The minimum Gasteiger partial charge on any atom is -0.449 e. The number of amides is 1. The van der Waals surface area contributed by atoms with Crippen LogP contribution in [0.4, 0.5) is 4.39 Å². The van der Waals surface area contributed by atoms with Crippen molar-refractivity contribution in [1.82, 2.24) is 14.9 Å². The Morgan fingerprint density at radius 2 is 1.97 bits per heavy atom. The number of hydrogen-bond donors (Lipinski definition) is 1. The number of carbonyl (C=O) groups excluding carboxylic acids is 1. The number of nitrogens with zero attached hydrogens (tertiary/aromatic N) is 2. The Hall–Kier alpha value is -2.93. The number of hydrogen-bond acceptors (Lipinski definition) is 4. The van der Waals surface area contributed by atoms with Crippen LogP contribution in [-0.2, 0) is 4.74 Å². The molecule has 3 aromatic rings. The molecule has 6 nitrogen and oxygen atoms in total. The molecule has 7 heteroatoms. The fourth-order valence-corrected chi connectivity index (χ4v) is 4.00. The van der Waals surface area contributed by atoms with Gasteiger partial charge in [0.25, 0.3) is 5.91 Å². The number of methoxy groups -OCH3 is 1. The van der Waals surface area contributed by atoms with Crippen LogP contribution in [-0.4, -0.2) is 35.7 Å². The van der Waals surface area contributed by atoms with E-state index in [0.717, 1.165) is 29.8 Å². The van der Waals surface area contributed by atoms with Crippen molar-refractivity contribution < 1.29 is 18.3 Å². The quantitative estimate of drug-likeness (QED) is 0.566. The lowest BCUT2D eigenvalue weighted by atomic mass is 9.95. The first-order valence-electron chi connectivity index (χ1n) is 10.4. The highest BCUT2D eigenvalue weighted by molar-refractivity contribution is 5.92. The summed E-state index contributed by atoms with van der Waals surface area (Å²) < 4.78 is 26.5. The van der Waals surface area contributed by atoms with E-state index in [-0.39, 0.29) is 17.5 Å². The molecule has 0 unspecified atom stereocenters. The van der Waals surface area contributed by atoms with E-state index in [2.05, 4.69) is 14.9 Å². The van der Waals surface area contributed by atoms with Crippen molar-refractivity contribution in [1.29, 1.82) is 0 Å². The van der Waals surface area contributed by atoms with Crippen LogP contribution in [0.25, 0.3) is 22.7 Å². The average Bonchev–Trinajstić information content (AvgIpc) is 3.42. The summed E-state index contributed by atoms with van der Waals surface area (Å²) in [6.07, 6.45) is 7.61. The molecular weight excluding hydrogens is 385 g/mol. The van der Waals surface area contributed by atoms with Crippen LogP contribution >= 0.6 is 0 Å². The van der Waals surface area contributed by atoms with Gasteiger partial charge in [-0.05, 0) is 49.2 Å². The molecule has 1 saturated carbocycles. The Morgan fingerprint density at radius 3 is 2.70 bits per heavy atom. The van der Waals surface area contributed by atoms with E-state index in [4.69, 9.17) is 9.15 Å². The van der Waals surface area contributed by atoms with E-state index in [1.165, 1.54) is 31.4 Å². The van der Waals surface area contributed by atoms with Crippen molar-refractivity contribution in [2.75, 3.05) is 20.3 Å². The molecule has 0 spiro atoms. The number of imidazole rings is 1. The molecule has 30 heavy (non-hydrogen) atoms. The van der Waals surface area contributed by atoms with Crippen molar-refractivity contribution in [2.24, 2.45) is 0 Å². The van der Waals surface area contributed by atoms with Gasteiger partial charge in [-0.1, -0.05) is 19.3 Å². The zero-order valence-electron chi connectivity index (χ0n) is 17.1. The lowest BCUT2D eigenvalue weighted by Crippen LogP contribution is -2.26. The Labute approximate surface area is 175 Å². The van der Waals surface area contributed by atoms with E-state index in [1.807, 2.05) is 6.33 Å². The predicted octanol–water partition coefficient (Wildman–Crippen LogP) is 4.83. The second-order valence-corrected chi connectivity index (χ2v) is 7.56. The van der Waals surface area contributed by atoms with Gasteiger partial charge in [-0.15, -0.1) is 0 Å². The third-order valence-electron chi connectivity index (χ3n) is 5.53. The Kier molecular flexibility index (Phi) is 6.28. The van der Waals surface area contributed by atoms with E-state index in [9.17, 15) is 9.18 Å². The third-order valence-corrected chi connectivity index (χ3v) is 5.53. The number of rotatable bonds is 7. The van der Waals surface area contributed by atoms with Crippen LogP contribution in [0.15, 0.2) is 47.1 Å². The fraction of sp³-hybridized carbons (Fsp3) is 0.391. The van der Waals surface area contributed by atoms with Crippen LogP contribution < -0.4 is 5.32 Å². The number of aromatic nitrogens is 2. The number of nitrogens with one attached hydrogen (secondary N) is 1. The normalized spacial score (nSPS) is 14.7. The number of ether oxygens (including phenoxy) is 1. The lowest BCUT2D eigenvalue weighted by molar-refractivity contribution is 0.0910. The van der Waals surface area contributed by atoms with Crippen LogP contribution in [0.3, 0.4) is 0 Å². The maximum atomic E-state index is 13.4. The molecule has 1 N–H and O–H groups in total. The second kappa shape index (κ2) is 9.26. The van der Waals surface area contributed by atoms with Gasteiger partial charge in [0.1, 0.15) is 11.5 Å². The zero-order valence-corrected chi connectivity index (χ0v) is 17.1. The largest absolute Gasteiger partial charge is 0.449 e. The van der Waals surface area contributed by atoms with Crippen molar-refractivity contribution in [3.05, 3.63) is 54.3 Å². The number of benzene rings is 1. The molecule has 0 saturated heterocycles. The summed E-state index contributed by atoms with van der Waals surface area (Å²) in [7, 11) is 1.58. The minimum atomic E-state index is -0.292. The summed E-state index contributed by atoms with van der Waals surface area (Å²) in [6.45, 7) is 0.842. The molecule has 158 valence electrons. The fourth-order valence-electron chi connectivity index (χ4n) is 4.00. The first kappa shape index (κ1) is 20.3. The van der Waals surface area contributed by atoms with Crippen molar-refractivity contribution >= 4 is 5.91 Å². The van der Waals surface area contributed by atoms with Crippen LogP contribution in [0.5, 0.6) is 0 Å². The van der Waals surface area contributed by atoms with E-state index in [1.54, 1.807) is 31.4 Å². The smallest absolute Gasteiger partial charge is 0.287 e. The first-order chi connectivity index (χ1) is 14.7. The SMILES string of the molecule is COCCNC(=O)c1ccc(-c2c(-c3ccc(F)cc3)ncn2C2CCCCC2)o1. The number of furan rings is 1. The van der Waals surface area contributed by atoms with E-state index in [0.29, 0.717) is 25.0 Å². The Morgan fingerprint density at radius 1 is 1.20 bits per heavy atom. The molecular formula is C23H26FN3O3. The molecule has 0 radical (unpaired) electrons. The van der Waals surface area contributed by atoms with Gasteiger partial charge >= 0.3 is 0 Å². The summed E-state index contributed by atoms with van der Waals surface area (Å²) in [5.41, 5.74) is 2.36. The standard InChI is InChI=1S/C23H26FN3O3/c1-29-14-13-25-23(28)20-12-11-19(30-20)22-21(16-7-9-17(24)10-8-16)26-15-27(22)18-5-3-2-4-6-18/h7-12,15,18H,2-6,13-14H2,1H3,(H,25,28). The molecule has 1 aromatic carbocycles. The highest BCUT2D eigenvalue weighted by Crippen LogP contribution is 2.38. The van der Waals surface area contributed by atoms with Gasteiger partial charge in [-0.25, -0.2) is 9.37 Å².